The first-order valence-electron chi connectivity index (χ1n) is 7.85. The van der Waals surface area contributed by atoms with Gasteiger partial charge in [0, 0.05) is 24.8 Å². The first-order valence-corrected chi connectivity index (χ1v) is 9.01. The van der Waals surface area contributed by atoms with Crippen LogP contribution in [0.15, 0.2) is 0 Å². The average molecular weight is 328 g/mol. The van der Waals surface area contributed by atoms with E-state index in [2.05, 4.69) is 0 Å². The lowest BCUT2D eigenvalue weighted by Crippen LogP contribution is -2.52. The van der Waals surface area contributed by atoms with Crippen molar-refractivity contribution in [3.63, 3.8) is 0 Å². The highest BCUT2D eigenvalue weighted by atomic mass is 32.2. The van der Waals surface area contributed by atoms with E-state index in [0.29, 0.717) is 37.6 Å². The molecule has 0 radical (unpaired) electrons. The summed E-state index contributed by atoms with van der Waals surface area (Å²) in [7, 11) is 0. The predicted octanol–water partition coefficient (Wildman–Crippen LogP) is 1.26. The van der Waals surface area contributed by atoms with E-state index in [9.17, 15) is 14.4 Å². The van der Waals surface area contributed by atoms with Crippen molar-refractivity contribution in [2.24, 2.45) is 11.8 Å². The summed E-state index contributed by atoms with van der Waals surface area (Å²) < 4.78 is 0. The summed E-state index contributed by atoms with van der Waals surface area (Å²) in [6.07, 6.45) is 1.77. The van der Waals surface area contributed by atoms with Crippen LogP contribution in [-0.2, 0) is 14.4 Å². The van der Waals surface area contributed by atoms with Crippen molar-refractivity contribution < 1.29 is 19.5 Å². The number of rotatable bonds is 4. The number of carbonyl (C=O) groups is 3. The molecule has 2 aliphatic rings. The molecule has 2 heterocycles. The molecule has 0 bridgehead atoms. The fraction of sp³-hybridized carbons (Fsp3) is 0.800. The summed E-state index contributed by atoms with van der Waals surface area (Å²) in [6.45, 7) is 4.81. The molecule has 2 unspecified atom stereocenters. The first-order chi connectivity index (χ1) is 10.5. The minimum atomic E-state index is -0.780. The van der Waals surface area contributed by atoms with Gasteiger partial charge in [0.2, 0.25) is 11.8 Å². The summed E-state index contributed by atoms with van der Waals surface area (Å²) in [6, 6.07) is -0.382. The summed E-state index contributed by atoms with van der Waals surface area (Å²) in [5.41, 5.74) is 0. The zero-order valence-corrected chi connectivity index (χ0v) is 14.0. The van der Waals surface area contributed by atoms with Gasteiger partial charge in [0.05, 0.1) is 11.8 Å². The first kappa shape index (κ1) is 17.1. The lowest BCUT2D eigenvalue weighted by atomic mass is 9.96. The fourth-order valence-electron chi connectivity index (χ4n) is 2.88. The van der Waals surface area contributed by atoms with E-state index in [0.717, 1.165) is 6.42 Å². The molecule has 2 rings (SSSR count). The molecule has 2 fully saturated rings. The number of hydrogen-bond donors (Lipinski definition) is 1. The number of likely N-dealkylation sites (tertiary alicyclic amines) is 1. The van der Waals surface area contributed by atoms with Crippen LogP contribution in [0.2, 0.25) is 0 Å². The predicted molar refractivity (Wildman–Crippen MR) is 84.4 cm³/mol. The number of nitrogens with zero attached hydrogens (tertiary/aromatic N) is 2. The van der Waals surface area contributed by atoms with Gasteiger partial charge in [-0.3, -0.25) is 14.4 Å². The smallest absolute Gasteiger partial charge is 0.306 e. The number of thioether (sulfide) groups is 1. The lowest BCUT2D eigenvalue weighted by molar-refractivity contribution is -0.149. The van der Waals surface area contributed by atoms with Crippen LogP contribution in [0.25, 0.3) is 0 Å². The van der Waals surface area contributed by atoms with E-state index in [4.69, 9.17) is 5.11 Å². The quantitative estimate of drug-likeness (QED) is 0.840. The minimum Gasteiger partial charge on any atom is -0.481 e. The average Bonchev–Trinajstić information content (AvgIpc) is 3.02. The summed E-state index contributed by atoms with van der Waals surface area (Å²) >= 11 is 1.61. The maximum absolute atomic E-state index is 12.7. The molecule has 0 aromatic heterocycles. The zero-order valence-electron chi connectivity index (χ0n) is 13.2. The molecular formula is C15H24N2O4S. The Balaban J connectivity index is 1.97. The molecule has 22 heavy (non-hydrogen) atoms. The van der Waals surface area contributed by atoms with Crippen LogP contribution >= 0.6 is 11.8 Å². The molecule has 0 aromatic rings. The zero-order chi connectivity index (χ0) is 16.3. The van der Waals surface area contributed by atoms with Crippen LogP contribution in [0.3, 0.4) is 0 Å². The van der Waals surface area contributed by atoms with E-state index in [-0.39, 0.29) is 29.7 Å². The van der Waals surface area contributed by atoms with Gasteiger partial charge in [-0.15, -0.1) is 11.8 Å². The van der Waals surface area contributed by atoms with Crippen molar-refractivity contribution in [2.45, 2.75) is 39.2 Å². The van der Waals surface area contributed by atoms with E-state index in [1.165, 1.54) is 0 Å². The van der Waals surface area contributed by atoms with Crippen LogP contribution in [0.5, 0.6) is 0 Å². The Morgan fingerprint density at radius 3 is 2.45 bits per heavy atom. The number of piperidine rings is 1. The van der Waals surface area contributed by atoms with Crippen molar-refractivity contribution in [3.8, 4) is 0 Å². The summed E-state index contributed by atoms with van der Waals surface area (Å²) in [5, 5.41) is 9.02. The van der Waals surface area contributed by atoms with Gasteiger partial charge in [-0.05, 0) is 19.3 Å². The van der Waals surface area contributed by atoms with Crippen LogP contribution < -0.4 is 0 Å². The Bertz CT molecular complexity index is 449. The highest BCUT2D eigenvalue weighted by molar-refractivity contribution is 7.99. The SMILES string of the molecule is CCC(C)C(=O)N1CSCC1C(=O)N1CCC(C(=O)O)CC1. The van der Waals surface area contributed by atoms with E-state index in [1.807, 2.05) is 13.8 Å². The number of amides is 2. The van der Waals surface area contributed by atoms with Crippen LogP contribution in [0, 0.1) is 11.8 Å². The molecule has 2 atom stereocenters. The van der Waals surface area contributed by atoms with Crippen LogP contribution in [0.4, 0.5) is 0 Å². The number of carboxylic acid groups (broad SMARTS) is 1. The van der Waals surface area contributed by atoms with Gasteiger partial charge in [0.25, 0.3) is 0 Å². The van der Waals surface area contributed by atoms with Crippen LogP contribution in [-0.4, -0.2) is 63.5 Å². The van der Waals surface area contributed by atoms with Gasteiger partial charge in [0.15, 0.2) is 0 Å². The highest BCUT2D eigenvalue weighted by Crippen LogP contribution is 2.27. The molecule has 0 saturated carbocycles. The number of carbonyl (C=O) groups excluding carboxylic acids is 2. The van der Waals surface area contributed by atoms with Crippen LogP contribution in [0.1, 0.15) is 33.1 Å². The molecule has 2 aliphatic heterocycles. The maximum atomic E-state index is 12.7. The van der Waals surface area contributed by atoms with Gasteiger partial charge in [0.1, 0.15) is 6.04 Å². The van der Waals surface area contributed by atoms with Crippen molar-refractivity contribution in [1.82, 2.24) is 9.80 Å². The molecule has 0 aliphatic carbocycles. The van der Waals surface area contributed by atoms with Gasteiger partial charge < -0.3 is 14.9 Å². The van der Waals surface area contributed by atoms with Crippen molar-refractivity contribution in [2.75, 3.05) is 24.7 Å². The molecule has 124 valence electrons. The normalized spacial score (nSPS) is 24.4. The van der Waals surface area contributed by atoms with E-state index < -0.39 is 5.97 Å². The number of hydrogen-bond acceptors (Lipinski definition) is 4. The Hall–Kier alpha value is -1.24. The molecule has 0 spiro atoms. The Morgan fingerprint density at radius 1 is 1.27 bits per heavy atom. The summed E-state index contributed by atoms with van der Waals surface area (Å²) in [5.74, 6) is 0.0471. The molecule has 2 saturated heterocycles. The second kappa shape index (κ2) is 7.35. The third-order valence-electron chi connectivity index (χ3n) is 4.64. The minimum absolute atomic E-state index is 0.0227. The molecular weight excluding hydrogens is 304 g/mol. The lowest BCUT2D eigenvalue weighted by Gasteiger charge is -2.34. The largest absolute Gasteiger partial charge is 0.481 e. The van der Waals surface area contributed by atoms with Crippen molar-refractivity contribution in [3.05, 3.63) is 0 Å². The van der Waals surface area contributed by atoms with Gasteiger partial charge in [-0.1, -0.05) is 13.8 Å². The van der Waals surface area contributed by atoms with E-state index in [1.54, 1.807) is 21.6 Å². The van der Waals surface area contributed by atoms with Crippen molar-refractivity contribution >= 4 is 29.5 Å². The Morgan fingerprint density at radius 2 is 1.91 bits per heavy atom. The molecule has 6 nitrogen and oxygen atoms in total. The van der Waals surface area contributed by atoms with Gasteiger partial charge >= 0.3 is 5.97 Å². The second-order valence-electron chi connectivity index (χ2n) is 6.07. The van der Waals surface area contributed by atoms with Crippen molar-refractivity contribution in [1.29, 1.82) is 0 Å². The third kappa shape index (κ3) is 3.56. The number of aliphatic carboxylic acids is 1. The molecule has 2 amide bonds. The standard InChI is InChI=1S/C15H24N2O4S/c1-3-10(2)13(18)17-9-22-8-12(17)14(19)16-6-4-11(5-7-16)15(20)21/h10-12H,3-9H2,1-2H3,(H,20,21). The fourth-order valence-corrected chi connectivity index (χ4v) is 4.03. The molecule has 1 N–H and O–H groups in total. The third-order valence-corrected chi connectivity index (χ3v) is 5.65. The van der Waals surface area contributed by atoms with E-state index >= 15 is 0 Å². The topological polar surface area (TPSA) is 77.9 Å². The molecule has 7 heteroatoms. The second-order valence-corrected chi connectivity index (χ2v) is 7.07. The Labute approximate surface area is 135 Å². The van der Waals surface area contributed by atoms with Gasteiger partial charge in [-0.2, -0.15) is 0 Å². The number of carboxylic acids is 1. The monoisotopic (exact) mass is 328 g/mol. The summed E-state index contributed by atoms with van der Waals surface area (Å²) in [4.78, 5) is 39.5. The van der Waals surface area contributed by atoms with Gasteiger partial charge in [-0.25, -0.2) is 0 Å². The molecule has 0 aromatic carbocycles. The highest BCUT2D eigenvalue weighted by Gasteiger charge is 2.39. The maximum Gasteiger partial charge on any atom is 0.306 e. The Kier molecular flexibility index (Phi) is 5.72.